The van der Waals surface area contributed by atoms with Gasteiger partial charge in [0.1, 0.15) is 5.76 Å². The lowest BCUT2D eigenvalue weighted by atomic mass is 10.2. The van der Waals surface area contributed by atoms with Crippen molar-refractivity contribution in [1.29, 1.82) is 0 Å². The van der Waals surface area contributed by atoms with Gasteiger partial charge in [-0.2, -0.15) is 0 Å². The molecule has 0 radical (unpaired) electrons. The fraction of sp³-hybridized carbons (Fsp3) is 0.583. The predicted molar refractivity (Wildman–Crippen MR) is 64.3 cm³/mol. The summed E-state index contributed by atoms with van der Waals surface area (Å²) in [6.45, 7) is 2.71. The number of likely N-dealkylation sites (tertiary alicyclic amines) is 1. The standard InChI is InChI=1S/C12H19N3O2/c13-8-12(16)14-9-10(11-4-3-7-17-11)15-5-1-2-6-15/h3-4,7,10H,1-2,5-6,8-9,13H2,(H,14,16). The van der Waals surface area contributed by atoms with E-state index in [4.69, 9.17) is 10.2 Å². The summed E-state index contributed by atoms with van der Waals surface area (Å²) in [5, 5.41) is 2.83. The van der Waals surface area contributed by atoms with E-state index >= 15 is 0 Å². The van der Waals surface area contributed by atoms with Gasteiger partial charge in [-0.05, 0) is 38.1 Å². The van der Waals surface area contributed by atoms with E-state index in [1.807, 2.05) is 12.1 Å². The Bertz CT molecular complexity index is 345. The molecule has 1 aromatic heterocycles. The highest BCUT2D eigenvalue weighted by Gasteiger charge is 2.25. The number of nitrogens with one attached hydrogen (secondary N) is 1. The normalized spacial score (nSPS) is 18.2. The average molecular weight is 237 g/mol. The maximum Gasteiger partial charge on any atom is 0.233 e. The van der Waals surface area contributed by atoms with E-state index < -0.39 is 0 Å². The van der Waals surface area contributed by atoms with Crippen LogP contribution >= 0.6 is 0 Å². The van der Waals surface area contributed by atoms with E-state index in [-0.39, 0.29) is 18.5 Å². The van der Waals surface area contributed by atoms with Gasteiger partial charge < -0.3 is 15.5 Å². The monoisotopic (exact) mass is 237 g/mol. The van der Waals surface area contributed by atoms with Crippen molar-refractivity contribution in [3.8, 4) is 0 Å². The molecule has 1 fully saturated rings. The molecular weight excluding hydrogens is 218 g/mol. The maximum absolute atomic E-state index is 11.2. The van der Waals surface area contributed by atoms with Gasteiger partial charge in [0.15, 0.2) is 0 Å². The number of carbonyl (C=O) groups is 1. The number of furan rings is 1. The van der Waals surface area contributed by atoms with Gasteiger partial charge in [0.05, 0.1) is 18.8 Å². The molecule has 1 saturated heterocycles. The highest BCUT2D eigenvalue weighted by Crippen LogP contribution is 2.24. The molecule has 0 aliphatic carbocycles. The van der Waals surface area contributed by atoms with E-state index in [0.717, 1.165) is 18.8 Å². The van der Waals surface area contributed by atoms with Crippen molar-refractivity contribution in [2.24, 2.45) is 5.73 Å². The van der Waals surface area contributed by atoms with Gasteiger partial charge in [0.2, 0.25) is 5.91 Å². The molecule has 5 heteroatoms. The van der Waals surface area contributed by atoms with E-state index in [1.54, 1.807) is 6.26 Å². The summed E-state index contributed by atoms with van der Waals surface area (Å²) in [6, 6.07) is 3.96. The molecule has 1 aromatic rings. The number of carbonyl (C=O) groups excluding carboxylic acids is 1. The van der Waals surface area contributed by atoms with Gasteiger partial charge in [0, 0.05) is 6.54 Å². The third-order valence-corrected chi connectivity index (χ3v) is 3.13. The molecule has 0 bridgehead atoms. The first-order chi connectivity index (χ1) is 8.31. The van der Waals surface area contributed by atoms with Crippen molar-refractivity contribution in [3.63, 3.8) is 0 Å². The number of hydrogen-bond donors (Lipinski definition) is 2. The Morgan fingerprint density at radius 2 is 2.29 bits per heavy atom. The number of rotatable bonds is 5. The summed E-state index contributed by atoms with van der Waals surface area (Å²) >= 11 is 0. The van der Waals surface area contributed by atoms with Crippen LogP contribution in [-0.4, -0.2) is 37.0 Å². The van der Waals surface area contributed by atoms with Crippen LogP contribution in [0.1, 0.15) is 24.6 Å². The van der Waals surface area contributed by atoms with Gasteiger partial charge in [-0.1, -0.05) is 0 Å². The zero-order valence-corrected chi connectivity index (χ0v) is 9.89. The molecule has 2 heterocycles. The molecule has 17 heavy (non-hydrogen) atoms. The lowest BCUT2D eigenvalue weighted by Gasteiger charge is -2.25. The molecule has 0 saturated carbocycles. The first-order valence-electron chi connectivity index (χ1n) is 6.05. The molecule has 94 valence electrons. The van der Waals surface area contributed by atoms with Crippen LogP contribution in [0.2, 0.25) is 0 Å². The van der Waals surface area contributed by atoms with Gasteiger partial charge in [-0.15, -0.1) is 0 Å². The highest BCUT2D eigenvalue weighted by molar-refractivity contribution is 5.77. The maximum atomic E-state index is 11.2. The van der Waals surface area contributed by atoms with Crippen LogP contribution in [0.25, 0.3) is 0 Å². The fourth-order valence-corrected chi connectivity index (χ4v) is 2.23. The Morgan fingerprint density at radius 1 is 1.53 bits per heavy atom. The third kappa shape index (κ3) is 3.08. The Hall–Kier alpha value is -1.33. The van der Waals surface area contributed by atoms with Crippen molar-refractivity contribution < 1.29 is 9.21 Å². The van der Waals surface area contributed by atoms with Crippen LogP contribution in [0.15, 0.2) is 22.8 Å². The molecule has 1 aliphatic rings. The van der Waals surface area contributed by atoms with Crippen molar-refractivity contribution in [3.05, 3.63) is 24.2 Å². The van der Waals surface area contributed by atoms with Crippen molar-refractivity contribution in [2.45, 2.75) is 18.9 Å². The number of hydrogen-bond acceptors (Lipinski definition) is 4. The van der Waals surface area contributed by atoms with Crippen LogP contribution in [0.5, 0.6) is 0 Å². The highest BCUT2D eigenvalue weighted by atomic mass is 16.3. The minimum atomic E-state index is -0.124. The molecular formula is C12H19N3O2. The van der Waals surface area contributed by atoms with Crippen LogP contribution in [0.4, 0.5) is 0 Å². The third-order valence-electron chi connectivity index (χ3n) is 3.13. The van der Waals surface area contributed by atoms with Gasteiger partial charge in [-0.25, -0.2) is 0 Å². The molecule has 1 atom stereocenters. The minimum Gasteiger partial charge on any atom is -0.468 e. The zero-order valence-electron chi connectivity index (χ0n) is 9.89. The Morgan fingerprint density at radius 3 is 2.88 bits per heavy atom. The van der Waals surface area contributed by atoms with Gasteiger partial charge >= 0.3 is 0 Å². The molecule has 3 N–H and O–H groups in total. The first-order valence-corrected chi connectivity index (χ1v) is 6.05. The average Bonchev–Trinajstić information content (AvgIpc) is 3.01. The van der Waals surface area contributed by atoms with Crippen LogP contribution in [0, 0.1) is 0 Å². The van der Waals surface area contributed by atoms with E-state index in [1.165, 1.54) is 12.8 Å². The van der Waals surface area contributed by atoms with Crippen molar-refractivity contribution >= 4 is 5.91 Å². The second-order valence-electron chi connectivity index (χ2n) is 4.28. The fourth-order valence-electron chi connectivity index (χ4n) is 2.23. The largest absolute Gasteiger partial charge is 0.468 e. The molecule has 0 spiro atoms. The summed E-state index contributed by atoms with van der Waals surface area (Å²) in [6.07, 6.45) is 4.09. The summed E-state index contributed by atoms with van der Waals surface area (Å²) in [7, 11) is 0. The molecule has 1 aliphatic heterocycles. The van der Waals surface area contributed by atoms with E-state index in [9.17, 15) is 4.79 Å². The number of nitrogens with two attached hydrogens (primary N) is 1. The summed E-state index contributed by atoms with van der Waals surface area (Å²) in [4.78, 5) is 13.6. The van der Waals surface area contributed by atoms with E-state index in [2.05, 4.69) is 10.2 Å². The predicted octanol–water partition coefficient (Wildman–Crippen LogP) is 0.491. The molecule has 0 aromatic carbocycles. The topological polar surface area (TPSA) is 71.5 Å². The zero-order chi connectivity index (χ0) is 12.1. The van der Waals surface area contributed by atoms with Crippen LogP contribution in [-0.2, 0) is 4.79 Å². The lowest BCUT2D eigenvalue weighted by Crippen LogP contribution is -2.39. The van der Waals surface area contributed by atoms with Crippen molar-refractivity contribution in [1.82, 2.24) is 10.2 Å². The summed E-state index contributed by atoms with van der Waals surface area (Å²) in [5.74, 6) is 0.782. The van der Waals surface area contributed by atoms with Crippen LogP contribution in [0.3, 0.4) is 0 Å². The quantitative estimate of drug-likeness (QED) is 0.782. The number of amides is 1. The second kappa shape index (κ2) is 5.84. The Labute approximate surface area is 101 Å². The van der Waals surface area contributed by atoms with Gasteiger partial charge in [-0.3, -0.25) is 9.69 Å². The van der Waals surface area contributed by atoms with Crippen molar-refractivity contribution in [2.75, 3.05) is 26.2 Å². The molecule has 1 amide bonds. The van der Waals surface area contributed by atoms with Gasteiger partial charge in [0.25, 0.3) is 0 Å². The SMILES string of the molecule is NCC(=O)NCC(c1ccco1)N1CCCC1. The molecule has 2 rings (SSSR count). The Balaban J connectivity index is 1.99. The smallest absolute Gasteiger partial charge is 0.233 e. The van der Waals surface area contributed by atoms with Crippen LogP contribution < -0.4 is 11.1 Å². The lowest BCUT2D eigenvalue weighted by molar-refractivity contribution is -0.120. The summed E-state index contributed by atoms with van der Waals surface area (Å²) < 4.78 is 5.45. The first kappa shape index (κ1) is 12.1. The molecule has 5 nitrogen and oxygen atoms in total. The minimum absolute atomic E-state index is 0.0326. The summed E-state index contributed by atoms with van der Waals surface area (Å²) in [5.41, 5.74) is 5.28. The molecule has 1 unspecified atom stereocenters. The second-order valence-corrected chi connectivity index (χ2v) is 4.28. The van der Waals surface area contributed by atoms with E-state index in [0.29, 0.717) is 6.54 Å². The Kier molecular flexibility index (Phi) is 4.17. The number of nitrogens with zero attached hydrogens (tertiary/aromatic N) is 1.